The van der Waals surface area contributed by atoms with Crippen LogP contribution in [-0.4, -0.2) is 63.8 Å². The molecular weight excluding hydrogens is 763 g/mol. The van der Waals surface area contributed by atoms with Crippen LogP contribution in [0, 0.1) is 36.5 Å². The van der Waals surface area contributed by atoms with Crippen LogP contribution in [-0.2, 0) is 20.8 Å². The van der Waals surface area contributed by atoms with Gasteiger partial charge in [0, 0.05) is 40.8 Å². The number of carbonyl (C=O) groups excluding carboxylic acids is 1. The van der Waals surface area contributed by atoms with E-state index in [0.29, 0.717) is 55.1 Å². The molecule has 2 heterocycles. The van der Waals surface area contributed by atoms with Crippen molar-refractivity contribution in [1.29, 1.82) is 0 Å². The molecule has 1 aromatic heterocycles. The minimum Gasteiger partial charge on any atom is -0.444 e. The SMILES string of the molecule is Cc1noc(C)c1-c1ccc(NC(=O)OCc2ccc([C@H]3C[C@@]4(C)[C@@H](CC[C@@]4(O)C(F)(F)C(F)(F)F)[C@@H]4CC[C@@]5(O)CC6(CCC5=C43)OCC(C)(C)CO6)cc2)cc1. The number of carbonyl (C=O) groups is 1. The van der Waals surface area contributed by atoms with Crippen LogP contribution in [0.2, 0.25) is 0 Å². The highest BCUT2D eigenvalue weighted by Gasteiger charge is 2.79. The van der Waals surface area contributed by atoms with Crippen molar-refractivity contribution in [1.82, 2.24) is 5.16 Å². The fourth-order valence-corrected chi connectivity index (χ4v) is 11.1. The van der Waals surface area contributed by atoms with E-state index in [9.17, 15) is 28.2 Å². The molecule has 8 rings (SSSR count). The Morgan fingerprint density at radius 3 is 2.22 bits per heavy atom. The lowest BCUT2D eigenvalue weighted by Gasteiger charge is -2.59. The summed E-state index contributed by atoms with van der Waals surface area (Å²) in [4.78, 5) is 12.8. The first-order valence-electron chi connectivity index (χ1n) is 20.1. The van der Waals surface area contributed by atoms with Gasteiger partial charge in [0.1, 0.15) is 18.0 Å². The van der Waals surface area contributed by atoms with E-state index in [1.54, 1.807) is 36.4 Å². The van der Waals surface area contributed by atoms with Crippen molar-refractivity contribution in [2.24, 2.45) is 22.7 Å². The maximum atomic E-state index is 15.5. The van der Waals surface area contributed by atoms with Gasteiger partial charge in [-0.2, -0.15) is 22.0 Å². The first kappa shape index (κ1) is 40.9. The van der Waals surface area contributed by atoms with Crippen LogP contribution in [0.15, 0.2) is 64.2 Å². The summed E-state index contributed by atoms with van der Waals surface area (Å²) >= 11 is 0. The predicted molar refractivity (Wildman–Crippen MR) is 203 cm³/mol. The van der Waals surface area contributed by atoms with E-state index in [4.69, 9.17) is 18.7 Å². The van der Waals surface area contributed by atoms with Gasteiger partial charge < -0.3 is 28.9 Å². The van der Waals surface area contributed by atoms with E-state index in [1.165, 1.54) is 6.92 Å². The quantitative estimate of drug-likeness (QED) is 0.166. The molecule has 4 aliphatic carbocycles. The van der Waals surface area contributed by atoms with Gasteiger partial charge in [-0.1, -0.05) is 67.9 Å². The van der Waals surface area contributed by atoms with Gasteiger partial charge in [0.05, 0.1) is 24.5 Å². The van der Waals surface area contributed by atoms with E-state index in [1.807, 2.05) is 39.8 Å². The van der Waals surface area contributed by atoms with Gasteiger partial charge >= 0.3 is 18.2 Å². The highest BCUT2D eigenvalue weighted by Crippen LogP contribution is 2.71. The van der Waals surface area contributed by atoms with Crippen molar-refractivity contribution in [3.05, 3.63) is 82.3 Å². The number of halogens is 5. The molecule has 0 bridgehead atoms. The van der Waals surface area contributed by atoms with Crippen LogP contribution in [0.25, 0.3) is 11.1 Å². The third-order valence-electron chi connectivity index (χ3n) is 14.1. The molecule has 3 saturated carbocycles. The van der Waals surface area contributed by atoms with Crippen molar-refractivity contribution >= 4 is 11.8 Å². The van der Waals surface area contributed by atoms with Gasteiger partial charge in [-0.05, 0) is 98.6 Å². The molecule has 1 spiro atoms. The number of anilines is 1. The molecule has 2 aromatic carbocycles. The summed E-state index contributed by atoms with van der Waals surface area (Å²) in [5, 5.41) is 30.8. The largest absolute Gasteiger partial charge is 0.456 e. The smallest absolute Gasteiger partial charge is 0.444 e. The number of alkyl halides is 5. The Morgan fingerprint density at radius 2 is 1.60 bits per heavy atom. The molecule has 3 aromatic rings. The summed E-state index contributed by atoms with van der Waals surface area (Å²) in [6.07, 6.45) is -5.81. The summed E-state index contributed by atoms with van der Waals surface area (Å²) in [6, 6.07) is 14.2. The number of aliphatic hydroxyl groups is 2. The van der Waals surface area contributed by atoms with Crippen LogP contribution >= 0.6 is 0 Å². The number of hydrogen-bond donors (Lipinski definition) is 3. The fourth-order valence-electron chi connectivity index (χ4n) is 11.1. The molecule has 5 aliphatic rings. The minimum absolute atomic E-state index is 0.000202. The first-order chi connectivity index (χ1) is 27.1. The number of aromatic nitrogens is 1. The van der Waals surface area contributed by atoms with Crippen molar-refractivity contribution in [2.45, 2.75) is 128 Å². The van der Waals surface area contributed by atoms with Crippen molar-refractivity contribution in [3.8, 4) is 11.1 Å². The number of nitrogens with zero attached hydrogens (tertiary/aromatic N) is 1. The number of benzene rings is 2. The topological polar surface area (TPSA) is 123 Å². The third kappa shape index (κ3) is 6.57. The number of fused-ring (bicyclic) bond motifs is 4. The van der Waals surface area contributed by atoms with Crippen molar-refractivity contribution < 1.29 is 55.7 Å². The standard InChI is InChI=1S/C44H51F5N2O7/c1-25-35(26(2)58-51-25)29-10-12-30(13-11-29)50-37(52)55-21-27-6-8-28(9-7-27)32-20-39(5)33(16-19-42(39,54)43(45,46)44(47,48)49)31-14-17-40(53)22-41(18-15-34(40)36(31)32)56-23-38(3,4)24-57-41/h6-13,31-33,53-54H,14-24H2,1-5H3,(H,50,52)/t31-,32+,33-,39-,40+,42-/m0/s1. The summed E-state index contributed by atoms with van der Waals surface area (Å²) in [6.45, 7) is 9.97. The Kier molecular flexibility index (Phi) is 9.77. The normalized spacial score (nSPS) is 31.7. The number of rotatable bonds is 6. The van der Waals surface area contributed by atoms with Crippen LogP contribution in [0.5, 0.6) is 0 Å². The Morgan fingerprint density at radius 1 is 0.931 bits per heavy atom. The molecule has 58 heavy (non-hydrogen) atoms. The fraction of sp³-hybridized carbons (Fsp3) is 0.591. The summed E-state index contributed by atoms with van der Waals surface area (Å²) in [7, 11) is 0. The number of amides is 1. The van der Waals surface area contributed by atoms with Crippen LogP contribution in [0.3, 0.4) is 0 Å². The van der Waals surface area contributed by atoms with Crippen LogP contribution in [0.4, 0.5) is 32.4 Å². The molecule has 1 amide bonds. The molecule has 1 saturated heterocycles. The van der Waals surface area contributed by atoms with E-state index in [-0.39, 0.29) is 37.7 Å². The average Bonchev–Trinajstić information content (AvgIpc) is 3.65. The highest BCUT2D eigenvalue weighted by molar-refractivity contribution is 5.85. The Bertz CT molecular complexity index is 2070. The summed E-state index contributed by atoms with van der Waals surface area (Å²) < 4.78 is 96.6. The zero-order chi connectivity index (χ0) is 41.7. The van der Waals surface area contributed by atoms with Crippen molar-refractivity contribution in [2.75, 3.05) is 18.5 Å². The maximum absolute atomic E-state index is 15.5. The average molecular weight is 815 g/mol. The van der Waals surface area contributed by atoms with Gasteiger partial charge in [-0.3, -0.25) is 5.32 Å². The molecule has 14 heteroatoms. The molecule has 1 aliphatic heterocycles. The number of allylic oxidation sites excluding steroid dienone is 1. The zero-order valence-corrected chi connectivity index (χ0v) is 33.4. The number of aryl methyl sites for hydroxylation is 2. The predicted octanol–water partition coefficient (Wildman–Crippen LogP) is 9.93. The van der Waals surface area contributed by atoms with Gasteiger partial charge in [0.15, 0.2) is 5.79 Å². The van der Waals surface area contributed by atoms with E-state index in [0.717, 1.165) is 28.0 Å². The van der Waals surface area contributed by atoms with Gasteiger partial charge in [0.2, 0.25) is 0 Å². The molecule has 0 unspecified atom stereocenters. The number of hydrogen-bond acceptors (Lipinski definition) is 8. The van der Waals surface area contributed by atoms with Gasteiger partial charge in [0.25, 0.3) is 0 Å². The third-order valence-corrected chi connectivity index (χ3v) is 14.1. The second-order valence-corrected chi connectivity index (χ2v) is 18.4. The van der Waals surface area contributed by atoms with E-state index < -0.39 is 64.8 Å². The Balaban J connectivity index is 1.06. The van der Waals surface area contributed by atoms with Gasteiger partial charge in [-0.15, -0.1) is 0 Å². The summed E-state index contributed by atoms with van der Waals surface area (Å²) in [5.41, 5.74) is -0.691. The monoisotopic (exact) mass is 814 g/mol. The molecular formula is C44H51F5N2O7. The molecule has 0 radical (unpaired) electrons. The zero-order valence-electron chi connectivity index (χ0n) is 33.4. The highest BCUT2D eigenvalue weighted by atomic mass is 19.4. The lowest BCUT2D eigenvalue weighted by Crippen LogP contribution is -2.65. The van der Waals surface area contributed by atoms with Crippen LogP contribution < -0.4 is 5.32 Å². The van der Waals surface area contributed by atoms with Gasteiger partial charge in [-0.25, -0.2) is 4.79 Å². The lowest BCUT2D eigenvalue weighted by molar-refractivity contribution is -0.362. The minimum atomic E-state index is -5.94. The van der Waals surface area contributed by atoms with E-state index in [2.05, 4.69) is 10.5 Å². The van der Waals surface area contributed by atoms with Crippen molar-refractivity contribution in [3.63, 3.8) is 0 Å². The number of ether oxygens (including phenoxy) is 3. The Hall–Kier alpha value is -3.85. The molecule has 6 atom stereocenters. The Labute approximate surface area is 334 Å². The van der Waals surface area contributed by atoms with E-state index >= 15 is 8.78 Å². The molecule has 9 nitrogen and oxygen atoms in total. The maximum Gasteiger partial charge on any atom is 0.456 e. The first-order valence-corrected chi connectivity index (χ1v) is 20.1. The molecule has 314 valence electrons. The number of nitrogens with one attached hydrogen (secondary N) is 1. The second-order valence-electron chi connectivity index (χ2n) is 18.4. The van der Waals surface area contributed by atoms with Crippen LogP contribution in [0.1, 0.15) is 101 Å². The molecule has 4 fully saturated rings. The molecule has 3 N–H and O–H groups in total. The summed E-state index contributed by atoms with van der Waals surface area (Å²) in [5.74, 6) is -7.39. The lowest BCUT2D eigenvalue weighted by atomic mass is 9.49. The second kappa shape index (κ2) is 13.9.